The van der Waals surface area contributed by atoms with E-state index in [1.54, 1.807) is 0 Å². The van der Waals surface area contributed by atoms with E-state index in [9.17, 15) is 0 Å². The van der Waals surface area contributed by atoms with Gasteiger partial charge in [0.05, 0.1) is 17.7 Å². The average molecular weight is 374 g/mol. The van der Waals surface area contributed by atoms with Gasteiger partial charge in [0.15, 0.2) is 11.5 Å². The molecule has 1 aliphatic rings. The van der Waals surface area contributed by atoms with Crippen LogP contribution in [0.3, 0.4) is 0 Å². The van der Waals surface area contributed by atoms with Crippen molar-refractivity contribution < 1.29 is 9.47 Å². The fourth-order valence-electron chi connectivity index (χ4n) is 2.02. The van der Waals surface area contributed by atoms with Crippen LogP contribution in [0.1, 0.15) is 32.3 Å². The summed E-state index contributed by atoms with van der Waals surface area (Å²) in [6.07, 6.45) is 2.60. The minimum absolute atomic E-state index is 0.645. The number of hydrogen-bond acceptors (Lipinski definition) is 4. The molecule has 0 aliphatic heterocycles. The molecule has 5 heteroatoms. The maximum absolute atomic E-state index is 5.90. The second kappa shape index (κ2) is 8.91. The maximum Gasteiger partial charge on any atom is 0.175 e. The molecule has 1 N–H and O–H groups in total. The van der Waals surface area contributed by atoms with Crippen molar-refractivity contribution in [2.24, 2.45) is 0 Å². The molecule has 0 saturated heterocycles. The molecule has 1 aliphatic carbocycles. The van der Waals surface area contributed by atoms with E-state index in [1.807, 2.05) is 18.7 Å². The summed E-state index contributed by atoms with van der Waals surface area (Å²) in [4.78, 5) is 0. The number of benzene rings is 1. The summed E-state index contributed by atoms with van der Waals surface area (Å²) < 4.78 is 12.6. The zero-order chi connectivity index (χ0) is 15.1. The van der Waals surface area contributed by atoms with Crippen LogP contribution >= 0.6 is 27.7 Å². The van der Waals surface area contributed by atoms with E-state index in [2.05, 4.69) is 40.3 Å². The Kier molecular flexibility index (Phi) is 7.20. The molecular weight excluding hydrogens is 350 g/mol. The van der Waals surface area contributed by atoms with Gasteiger partial charge in [-0.2, -0.15) is 11.8 Å². The van der Waals surface area contributed by atoms with Gasteiger partial charge in [0, 0.05) is 18.3 Å². The van der Waals surface area contributed by atoms with Gasteiger partial charge in [-0.25, -0.2) is 0 Å². The first-order chi connectivity index (χ1) is 10.2. The van der Waals surface area contributed by atoms with E-state index in [1.165, 1.54) is 18.4 Å². The highest BCUT2D eigenvalue weighted by molar-refractivity contribution is 9.10. The van der Waals surface area contributed by atoms with Gasteiger partial charge in [0.2, 0.25) is 0 Å². The summed E-state index contributed by atoms with van der Waals surface area (Å²) >= 11 is 5.50. The summed E-state index contributed by atoms with van der Waals surface area (Å²) in [5.74, 6) is 3.78. The Labute approximate surface area is 140 Å². The van der Waals surface area contributed by atoms with Gasteiger partial charge in [0.1, 0.15) is 0 Å². The van der Waals surface area contributed by atoms with Gasteiger partial charge in [-0.05, 0) is 59.1 Å². The lowest BCUT2D eigenvalue weighted by molar-refractivity contribution is 0.287. The van der Waals surface area contributed by atoms with Crippen LogP contribution in [0.25, 0.3) is 0 Å². The highest BCUT2D eigenvalue weighted by Crippen LogP contribution is 2.37. The molecule has 0 amide bonds. The highest BCUT2D eigenvalue weighted by Gasteiger charge is 2.20. The Hall–Kier alpha value is -0.390. The van der Waals surface area contributed by atoms with Crippen molar-refractivity contribution in [3.05, 3.63) is 22.2 Å². The van der Waals surface area contributed by atoms with Gasteiger partial charge in [-0.1, -0.05) is 6.92 Å². The van der Waals surface area contributed by atoms with Crippen LogP contribution < -0.4 is 14.8 Å². The summed E-state index contributed by atoms with van der Waals surface area (Å²) in [6.45, 7) is 6.39. The maximum atomic E-state index is 5.90. The Morgan fingerprint density at radius 3 is 2.76 bits per heavy atom. The van der Waals surface area contributed by atoms with Crippen molar-refractivity contribution in [2.45, 2.75) is 39.3 Å². The van der Waals surface area contributed by atoms with Gasteiger partial charge < -0.3 is 14.8 Å². The molecule has 0 radical (unpaired) electrons. The van der Waals surface area contributed by atoms with Crippen molar-refractivity contribution in [2.75, 3.05) is 24.7 Å². The van der Waals surface area contributed by atoms with Crippen molar-refractivity contribution in [3.63, 3.8) is 0 Å². The topological polar surface area (TPSA) is 30.5 Å². The number of hydrogen-bond donors (Lipinski definition) is 1. The van der Waals surface area contributed by atoms with Crippen molar-refractivity contribution in [3.8, 4) is 11.5 Å². The van der Waals surface area contributed by atoms with Crippen molar-refractivity contribution in [1.29, 1.82) is 0 Å². The van der Waals surface area contributed by atoms with Crippen molar-refractivity contribution in [1.82, 2.24) is 5.32 Å². The smallest absolute Gasteiger partial charge is 0.175 e. The van der Waals surface area contributed by atoms with E-state index >= 15 is 0 Å². The molecule has 3 nitrogen and oxygen atoms in total. The van der Waals surface area contributed by atoms with Crippen LogP contribution in [0.2, 0.25) is 0 Å². The first kappa shape index (κ1) is 17.0. The largest absolute Gasteiger partial charge is 0.490 e. The third-order valence-corrected chi connectivity index (χ3v) is 4.67. The minimum Gasteiger partial charge on any atom is -0.490 e. The second-order valence-electron chi connectivity index (χ2n) is 5.04. The van der Waals surface area contributed by atoms with Crippen molar-refractivity contribution >= 4 is 27.7 Å². The molecule has 1 saturated carbocycles. The zero-order valence-corrected chi connectivity index (χ0v) is 15.2. The van der Waals surface area contributed by atoms with Crippen LogP contribution in [0, 0.1) is 0 Å². The molecule has 1 aromatic rings. The van der Waals surface area contributed by atoms with Gasteiger partial charge >= 0.3 is 0 Å². The number of rotatable bonds is 10. The third kappa shape index (κ3) is 5.72. The predicted octanol–water partition coefficient (Wildman–Crippen LogP) is 4.23. The Balaban J connectivity index is 2.02. The fraction of sp³-hybridized carbons (Fsp3) is 0.625. The van der Waals surface area contributed by atoms with Gasteiger partial charge in [-0.3, -0.25) is 0 Å². The number of halogens is 1. The molecule has 118 valence electrons. The van der Waals surface area contributed by atoms with Crippen LogP contribution in [0.5, 0.6) is 11.5 Å². The first-order valence-electron chi connectivity index (χ1n) is 7.63. The molecule has 1 aromatic carbocycles. The molecule has 21 heavy (non-hydrogen) atoms. The highest BCUT2D eigenvalue weighted by atomic mass is 79.9. The van der Waals surface area contributed by atoms with Crippen LogP contribution in [0.15, 0.2) is 16.6 Å². The molecule has 0 atom stereocenters. The Morgan fingerprint density at radius 2 is 2.10 bits per heavy atom. The average Bonchev–Trinajstić information content (AvgIpc) is 3.28. The summed E-state index contributed by atoms with van der Waals surface area (Å²) in [6, 6.07) is 4.92. The van der Waals surface area contributed by atoms with E-state index in [-0.39, 0.29) is 0 Å². The zero-order valence-electron chi connectivity index (χ0n) is 12.8. The standard InChI is InChI=1S/C16H24BrNO2S/c1-3-19-15-10-12(11-18-13-5-6-13)9-14(17)16(15)20-7-8-21-4-2/h9-10,13,18H,3-8,11H2,1-2H3. The third-order valence-electron chi connectivity index (χ3n) is 3.22. The first-order valence-corrected chi connectivity index (χ1v) is 9.58. The molecule has 0 spiro atoms. The minimum atomic E-state index is 0.645. The van der Waals surface area contributed by atoms with E-state index in [0.29, 0.717) is 19.3 Å². The predicted molar refractivity (Wildman–Crippen MR) is 93.7 cm³/mol. The molecule has 0 heterocycles. The summed E-state index contributed by atoms with van der Waals surface area (Å²) in [5.41, 5.74) is 1.23. The number of nitrogens with one attached hydrogen (secondary N) is 1. The summed E-state index contributed by atoms with van der Waals surface area (Å²) in [5, 5.41) is 3.53. The quantitative estimate of drug-likeness (QED) is 0.621. The molecule has 0 bridgehead atoms. The molecule has 0 unspecified atom stereocenters. The molecule has 2 rings (SSSR count). The van der Waals surface area contributed by atoms with Gasteiger partial charge in [-0.15, -0.1) is 0 Å². The monoisotopic (exact) mass is 373 g/mol. The molecular formula is C16H24BrNO2S. The van der Waals surface area contributed by atoms with Crippen LogP contribution in [-0.4, -0.2) is 30.8 Å². The lowest BCUT2D eigenvalue weighted by Gasteiger charge is -2.15. The fourth-order valence-corrected chi connectivity index (χ4v) is 3.12. The normalized spacial score (nSPS) is 14.2. The van der Waals surface area contributed by atoms with E-state index in [4.69, 9.17) is 9.47 Å². The van der Waals surface area contributed by atoms with Crippen LogP contribution in [-0.2, 0) is 6.54 Å². The lowest BCUT2D eigenvalue weighted by atomic mass is 10.2. The van der Waals surface area contributed by atoms with Gasteiger partial charge in [0.25, 0.3) is 0 Å². The van der Waals surface area contributed by atoms with Crippen LogP contribution in [0.4, 0.5) is 0 Å². The Morgan fingerprint density at radius 1 is 1.29 bits per heavy atom. The number of ether oxygens (including phenoxy) is 2. The Bertz CT molecular complexity index is 452. The second-order valence-corrected chi connectivity index (χ2v) is 7.29. The summed E-state index contributed by atoms with van der Waals surface area (Å²) in [7, 11) is 0. The van der Waals surface area contributed by atoms with E-state index < -0.39 is 0 Å². The lowest BCUT2D eigenvalue weighted by Crippen LogP contribution is -2.15. The van der Waals surface area contributed by atoms with E-state index in [0.717, 1.165) is 34.0 Å². The molecule has 0 aromatic heterocycles. The number of thioether (sulfide) groups is 1. The SMILES string of the molecule is CCOc1cc(CNC2CC2)cc(Br)c1OCCSCC. The molecule has 1 fully saturated rings.